The van der Waals surface area contributed by atoms with E-state index >= 15 is 0 Å². The molecule has 2 amide bonds. The lowest BCUT2D eigenvalue weighted by molar-refractivity contribution is -0.124. The molecule has 1 unspecified atom stereocenters. The topological polar surface area (TPSA) is 90.5 Å². The largest absolute Gasteiger partial charge is 0.387 e. The third-order valence-electron chi connectivity index (χ3n) is 3.93. The zero-order valence-corrected chi connectivity index (χ0v) is 11.9. The van der Waals surface area contributed by atoms with Crippen molar-refractivity contribution in [1.82, 2.24) is 16.0 Å². The molecule has 0 aromatic heterocycles. The molecular weight excluding hydrogens is 258 g/mol. The van der Waals surface area contributed by atoms with E-state index in [1.54, 1.807) is 6.92 Å². The maximum Gasteiger partial charge on any atom is 0.251 e. The third-order valence-corrected chi connectivity index (χ3v) is 3.93. The summed E-state index contributed by atoms with van der Waals surface area (Å²) in [5, 5.41) is 17.6. The Kier molecular flexibility index (Phi) is 5.00. The van der Waals surface area contributed by atoms with Gasteiger partial charge in [0.1, 0.15) is 6.61 Å². The van der Waals surface area contributed by atoms with Gasteiger partial charge in [0, 0.05) is 11.7 Å². The number of aliphatic hydroxyl groups is 1. The molecule has 0 radical (unpaired) electrons. The van der Waals surface area contributed by atoms with E-state index in [9.17, 15) is 9.59 Å². The lowest BCUT2D eigenvalue weighted by Gasteiger charge is -2.25. The Morgan fingerprint density at radius 1 is 1.40 bits per heavy atom. The first-order valence-electron chi connectivity index (χ1n) is 7.30. The average molecular weight is 281 g/mol. The summed E-state index contributed by atoms with van der Waals surface area (Å²) in [5.74, 6) is -0.615. The van der Waals surface area contributed by atoms with Gasteiger partial charge in [-0.3, -0.25) is 9.59 Å². The summed E-state index contributed by atoms with van der Waals surface area (Å²) in [7, 11) is 0. The van der Waals surface area contributed by atoms with Crippen molar-refractivity contribution in [2.24, 2.45) is 0 Å². The molecule has 112 valence electrons. The van der Waals surface area contributed by atoms with Crippen LogP contribution in [0.25, 0.3) is 0 Å². The fourth-order valence-corrected chi connectivity index (χ4v) is 2.94. The van der Waals surface area contributed by atoms with Crippen molar-refractivity contribution in [3.05, 3.63) is 11.3 Å². The van der Waals surface area contributed by atoms with Crippen LogP contribution in [0.5, 0.6) is 0 Å². The monoisotopic (exact) mass is 281 g/mol. The van der Waals surface area contributed by atoms with Gasteiger partial charge in [-0.1, -0.05) is 19.3 Å². The molecule has 2 aliphatic rings. The van der Waals surface area contributed by atoms with Gasteiger partial charge in [-0.25, -0.2) is 0 Å². The van der Waals surface area contributed by atoms with E-state index in [2.05, 4.69) is 16.0 Å². The maximum absolute atomic E-state index is 11.9. The van der Waals surface area contributed by atoms with Gasteiger partial charge in [-0.05, 0) is 19.8 Å². The predicted octanol–water partition coefficient (Wildman–Crippen LogP) is -0.210. The third kappa shape index (κ3) is 3.50. The fourth-order valence-electron chi connectivity index (χ4n) is 2.94. The summed E-state index contributed by atoms with van der Waals surface area (Å²) in [5.41, 5.74) is 1.46. The molecule has 1 aliphatic carbocycles. The predicted molar refractivity (Wildman–Crippen MR) is 74.7 cm³/mol. The number of carbonyl (C=O) groups is 2. The molecule has 1 saturated carbocycles. The molecule has 6 heteroatoms. The van der Waals surface area contributed by atoms with E-state index in [-0.39, 0.29) is 5.91 Å². The highest BCUT2D eigenvalue weighted by Gasteiger charge is 2.29. The van der Waals surface area contributed by atoms with E-state index in [4.69, 9.17) is 5.11 Å². The van der Waals surface area contributed by atoms with E-state index in [1.165, 1.54) is 19.3 Å². The number of aliphatic hydroxyl groups excluding tert-OH is 1. The Hall–Kier alpha value is -1.56. The van der Waals surface area contributed by atoms with Gasteiger partial charge >= 0.3 is 0 Å². The first-order valence-corrected chi connectivity index (χ1v) is 7.30. The summed E-state index contributed by atoms with van der Waals surface area (Å²) in [6.45, 7) is 1.69. The lowest BCUT2D eigenvalue weighted by Crippen LogP contribution is -2.39. The van der Waals surface area contributed by atoms with E-state index in [1.807, 2.05) is 0 Å². The van der Waals surface area contributed by atoms with Crippen LogP contribution in [0.1, 0.15) is 39.0 Å². The number of carbonyl (C=O) groups excluding carboxylic acids is 2. The second kappa shape index (κ2) is 6.74. The summed E-state index contributed by atoms with van der Waals surface area (Å²) in [6, 6.07) is 0.0189. The van der Waals surface area contributed by atoms with E-state index < -0.39 is 18.6 Å². The highest BCUT2D eigenvalue weighted by atomic mass is 16.3. The quantitative estimate of drug-likeness (QED) is 0.561. The van der Waals surface area contributed by atoms with Gasteiger partial charge in [0.25, 0.3) is 5.91 Å². The number of rotatable bonds is 5. The molecule has 6 nitrogen and oxygen atoms in total. The summed E-state index contributed by atoms with van der Waals surface area (Å²) in [6.07, 6.45) is 5.98. The van der Waals surface area contributed by atoms with E-state index in [0.717, 1.165) is 18.5 Å². The van der Waals surface area contributed by atoms with Crippen molar-refractivity contribution in [1.29, 1.82) is 0 Å². The Balaban J connectivity index is 2.05. The standard InChI is InChI=1S/C14H23N3O3/c1-9(16-12(19)8-18)13-11(7-15-14(13)20)17-10-5-3-2-4-6-10/h9-10,17-18H,2-8H2,1H3,(H,15,20)(H,16,19). The minimum absolute atomic E-state index is 0.144. The molecule has 1 heterocycles. The van der Waals surface area contributed by atoms with Crippen molar-refractivity contribution in [3.63, 3.8) is 0 Å². The number of hydrogen-bond donors (Lipinski definition) is 4. The van der Waals surface area contributed by atoms with Crippen molar-refractivity contribution >= 4 is 11.8 Å². The summed E-state index contributed by atoms with van der Waals surface area (Å²) in [4.78, 5) is 23.2. The second-order valence-corrected chi connectivity index (χ2v) is 5.50. The Morgan fingerprint density at radius 3 is 2.75 bits per heavy atom. The van der Waals surface area contributed by atoms with Gasteiger partial charge in [0.05, 0.1) is 18.2 Å². The average Bonchev–Trinajstić information content (AvgIpc) is 2.80. The SMILES string of the molecule is CC(NC(=O)CO)C1=C(NC2CCCCC2)CNC1=O. The molecule has 0 aromatic carbocycles. The highest BCUT2D eigenvalue weighted by Crippen LogP contribution is 2.21. The smallest absolute Gasteiger partial charge is 0.251 e. The molecule has 0 bridgehead atoms. The molecule has 0 aromatic rings. The molecule has 20 heavy (non-hydrogen) atoms. The number of nitrogens with one attached hydrogen (secondary N) is 3. The van der Waals surface area contributed by atoms with Crippen LogP contribution >= 0.6 is 0 Å². The van der Waals surface area contributed by atoms with Crippen molar-refractivity contribution in [2.75, 3.05) is 13.2 Å². The Labute approximate surface area is 119 Å². The van der Waals surface area contributed by atoms with Crippen LogP contribution < -0.4 is 16.0 Å². The van der Waals surface area contributed by atoms with Crippen LogP contribution in [-0.2, 0) is 9.59 Å². The van der Waals surface area contributed by atoms with Gasteiger partial charge in [-0.15, -0.1) is 0 Å². The minimum atomic E-state index is -0.565. The maximum atomic E-state index is 11.9. The molecule has 1 atom stereocenters. The Bertz CT molecular complexity index is 414. The fraction of sp³-hybridized carbons (Fsp3) is 0.714. The summed E-state index contributed by atoms with van der Waals surface area (Å²) >= 11 is 0. The summed E-state index contributed by atoms with van der Waals surface area (Å²) < 4.78 is 0. The van der Waals surface area contributed by atoms with E-state index in [0.29, 0.717) is 18.2 Å². The first kappa shape index (κ1) is 14.8. The molecule has 2 rings (SSSR count). The van der Waals surface area contributed by atoms with Crippen molar-refractivity contribution in [3.8, 4) is 0 Å². The van der Waals surface area contributed by atoms with Crippen LogP contribution in [0.4, 0.5) is 0 Å². The Morgan fingerprint density at radius 2 is 2.10 bits per heavy atom. The molecule has 1 aliphatic heterocycles. The highest BCUT2D eigenvalue weighted by molar-refractivity contribution is 5.98. The molecular formula is C14H23N3O3. The number of amides is 2. The van der Waals surface area contributed by atoms with Crippen LogP contribution in [0.15, 0.2) is 11.3 Å². The first-order chi connectivity index (χ1) is 9.61. The molecule has 1 fully saturated rings. The normalized spacial score (nSPS) is 21.6. The van der Waals surface area contributed by atoms with Gasteiger partial charge in [-0.2, -0.15) is 0 Å². The van der Waals surface area contributed by atoms with Crippen LogP contribution in [0.2, 0.25) is 0 Å². The molecule has 0 spiro atoms. The van der Waals surface area contributed by atoms with Crippen molar-refractivity contribution in [2.45, 2.75) is 51.1 Å². The van der Waals surface area contributed by atoms with Crippen molar-refractivity contribution < 1.29 is 14.7 Å². The number of hydrogen-bond acceptors (Lipinski definition) is 4. The van der Waals surface area contributed by atoms with Gasteiger partial charge in [0.2, 0.25) is 5.91 Å². The van der Waals surface area contributed by atoms with Crippen LogP contribution in [0.3, 0.4) is 0 Å². The van der Waals surface area contributed by atoms with Crippen LogP contribution in [-0.4, -0.2) is 42.2 Å². The second-order valence-electron chi connectivity index (χ2n) is 5.50. The molecule has 4 N–H and O–H groups in total. The minimum Gasteiger partial charge on any atom is -0.387 e. The zero-order chi connectivity index (χ0) is 14.5. The van der Waals surface area contributed by atoms with Gasteiger partial charge in [0.15, 0.2) is 0 Å². The van der Waals surface area contributed by atoms with Crippen LogP contribution in [0, 0.1) is 0 Å². The zero-order valence-electron chi connectivity index (χ0n) is 11.9. The molecule has 0 saturated heterocycles. The lowest BCUT2D eigenvalue weighted by atomic mass is 9.95. The van der Waals surface area contributed by atoms with Gasteiger partial charge < -0.3 is 21.1 Å².